The molecule has 2 aromatic rings. The number of nitrogens with zero attached hydrogens (tertiary/aromatic N) is 2. The first-order chi connectivity index (χ1) is 11.2. The summed E-state index contributed by atoms with van der Waals surface area (Å²) >= 11 is 0. The van der Waals surface area contributed by atoms with E-state index in [2.05, 4.69) is 20.6 Å². The molecule has 5 heteroatoms. The molecule has 0 saturated heterocycles. The second-order valence-electron chi connectivity index (χ2n) is 6.02. The highest BCUT2D eigenvalue weighted by Gasteiger charge is 2.17. The lowest BCUT2D eigenvalue weighted by Gasteiger charge is -2.15. The van der Waals surface area contributed by atoms with Gasteiger partial charge in [-0.05, 0) is 25.3 Å². The van der Waals surface area contributed by atoms with E-state index in [1.54, 1.807) is 6.07 Å². The number of amides is 1. The second kappa shape index (κ2) is 7.22. The number of benzene rings is 1. The van der Waals surface area contributed by atoms with Crippen LogP contribution < -0.4 is 10.6 Å². The Balaban J connectivity index is 1.65. The van der Waals surface area contributed by atoms with Crippen LogP contribution in [-0.2, 0) is 0 Å². The molecule has 1 saturated carbocycles. The summed E-state index contributed by atoms with van der Waals surface area (Å²) in [6, 6.07) is 12.0. The third-order valence-electron chi connectivity index (χ3n) is 4.25. The van der Waals surface area contributed by atoms with E-state index in [4.69, 9.17) is 0 Å². The molecule has 0 bridgehead atoms. The van der Waals surface area contributed by atoms with Gasteiger partial charge in [0.1, 0.15) is 17.8 Å². The van der Waals surface area contributed by atoms with Crippen LogP contribution in [-0.4, -0.2) is 21.9 Å². The van der Waals surface area contributed by atoms with Gasteiger partial charge in [-0.3, -0.25) is 4.79 Å². The predicted octanol–water partition coefficient (Wildman–Crippen LogP) is 3.32. The van der Waals surface area contributed by atoms with E-state index < -0.39 is 0 Å². The van der Waals surface area contributed by atoms with Crippen molar-refractivity contribution in [2.45, 2.75) is 44.7 Å². The van der Waals surface area contributed by atoms with Gasteiger partial charge in [0, 0.05) is 12.1 Å². The first-order valence-electron chi connectivity index (χ1n) is 8.17. The van der Waals surface area contributed by atoms with Crippen LogP contribution in [0.5, 0.6) is 0 Å². The fourth-order valence-corrected chi connectivity index (χ4v) is 2.94. The number of hydrogen-bond acceptors (Lipinski definition) is 4. The van der Waals surface area contributed by atoms with E-state index in [0.717, 1.165) is 24.2 Å². The third-order valence-corrected chi connectivity index (χ3v) is 4.25. The van der Waals surface area contributed by atoms with Crippen LogP contribution in [0.25, 0.3) is 0 Å². The van der Waals surface area contributed by atoms with Crippen molar-refractivity contribution >= 4 is 11.7 Å². The van der Waals surface area contributed by atoms with Gasteiger partial charge in [0.05, 0.1) is 6.04 Å². The highest BCUT2D eigenvalue weighted by molar-refractivity contribution is 5.93. The summed E-state index contributed by atoms with van der Waals surface area (Å²) < 4.78 is 0. The van der Waals surface area contributed by atoms with Crippen molar-refractivity contribution < 1.29 is 4.79 Å². The number of carbonyl (C=O) groups excluding carboxylic acids is 1. The molecule has 3 rings (SSSR count). The van der Waals surface area contributed by atoms with Crippen molar-refractivity contribution in [1.29, 1.82) is 0 Å². The molecular weight excluding hydrogens is 288 g/mol. The van der Waals surface area contributed by atoms with Gasteiger partial charge in [-0.2, -0.15) is 0 Å². The van der Waals surface area contributed by atoms with Crippen LogP contribution in [0.3, 0.4) is 0 Å². The standard InChI is InChI=1S/C18H22N4O/c1-13(14-7-3-2-4-8-14)21-18(23)16-11-17(20-12-19-16)22-15-9-5-6-10-15/h2-4,7-8,11-13,15H,5-6,9-10H2,1H3,(H,21,23)(H,19,20,22). The van der Waals surface area contributed by atoms with Crippen molar-refractivity contribution in [3.05, 3.63) is 54.0 Å². The number of carbonyl (C=O) groups is 1. The maximum atomic E-state index is 12.4. The smallest absolute Gasteiger partial charge is 0.270 e. The molecule has 1 unspecified atom stereocenters. The molecule has 0 radical (unpaired) electrons. The molecule has 5 nitrogen and oxygen atoms in total. The highest BCUT2D eigenvalue weighted by Crippen LogP contribution is 2.21. The van der Waals surface area contributed by atoms with Gasteiger partial charge >= 0.3 is 0 Å². The van der Waals surface area contributed by atoms with Gasteiger partial charge in [-0.25, -0.2) is 9.97 Å². The van der Waals surface area contributed by atoms with E-state index in [-0.39, 0.29) is 11.9 Å². The fourth-order valence-electron chi connectivity index (χ4n) is 2.94. The zero-order chi connectivity index (χ0) is 16.1. The number of nitrogens with one attached hydrogen (secondary N) is 2. The molecule has 23 heavy (non-hydrogen) atoms. The third kappa shape index (κ3) is 4.06. The Bertz CT molecular complexity index is 653. The lowest BCUT2D eigenvalue weighted by Crippen LogP contribution is -2.27. The van der Waals surface area contributed by atoms with E-state index in [9.17, 15) is 4.79 Å². The number of aromatic nitrogens is 2. The van der Waals surface area contributed by atoms with Gasteiger partial charge in [0.25, 0.3) is 5.91 Å². The number of anilines is 1. The van der Waals surface area contributed by atoms with Crippen LogP contribution >= 0.6 is 0 Å². The number of hydrogen-bond donors (Lipinski definition) is 2. The summed E-state index contributed by atoms with van der Waals surface area (Å²) in [5, 5.41) is 6.37. The molecule has 120 valence electrons. The summed E-state index contributed by atoms with van der Waals surface area (Å²) in [5.41, 5.74) is 1.46. The molecule has 1 aliphatic carbocycles. The van der Waals surface area contributed by atoms with E-state index in [1.807, 2.05) is 37.3 Å². The maximum Gasteiger partial charge on any atom is 0.270 e. The Morgan fingerprint density at radius 3 is 2.65 bits per heavy atom. The van der Waals surface area contributed by atoms with E-state index in [1.165, 1.54) is 19.2 Å². The quantitative estimate of drug-likeness (QED) is 0.889. The summed E-state index contributed by atoms with van der Waals surface area (Å²) in [4.78, 5) is 20.7. The van der Waals surface area contributed by atoms with Crippen molar-refractivity contribution in [2.24, 2.45) is 0 Å². The van der Waals surface area contributed by atoms with E-state index in [0.29, 0.717) is 11.7 Å². The van der Waals surface area contributed by atoms with Crippen molar-refractivity contribution in [3.63, 3.8) is 0 Å². The first kappa shape index (κ1) is 15.5. The van der Waals surface area contributed by atoms with Crippen LogP contribution in [0.15, 0.2) is 42.7 Å². The van der Waals surface area contributed by atoms with Crippen molar-refractivity contribution in [2.75, 3.05) is 5.32 Å². The summed E-state index contributed by atoms with van der Waals surface area (Å²) in [6.45, 7) is 1.96. The van der Waals surface area contributed by atoms with Crippen molar-refractivity contribution in [3.8, 4) is 0 Å². The van der Waals surface area contributed by atoms with Gasteiger partial charge in [-0.1, -0.05) is 43.2 Å². The molecule has 0 spiro atoms. The van der Waals surface area contributed by atoms with E-state index >= 15 is 0 Å². The molecule has 2 N–H and O–H groups in total. The zero-order valence-electron chi connectivity index (χ0n) is 13.3. The van der Waals surface area contributed by atoms with Gasteiger partial charge < -0.3 is 10.6 Å². The minimum absolute atomic E-state index is 0.0649. The Labute approximate surface area is 136 Å². The molecule has 1 heterocycles. The average Bonchev–Trinajstić information content (AvgIpc) is 3.09. The average molecular weight is 310 g/mol. The summed E-state index contributed by atoms with van der Waals surface area (Å²) in [7, 11) is 0. The SMILES string of the molecule is CC(NC(=O)c1cc(NC2CCCC2)ncn1)c1ccccc1. The Morgan fingerprint density at radius 1 is 1.17 bits per heavy atom. The summed E-state index contributed by atoms with van der Waals surface area (Å²) in [6.07, 6.45) is 6.28. The first-order valence-corrected chi connectivity index (χ1v) is 8.17. The van der Waals surface area contributed by atoms with Gasteiger partial charge in [-0.15, -0.1) is 0 Å². The Morgan fingerprint density at radius 2 is 1.91 bits per heavy atom. The molecule has 1 atom stereocenters. The van der Waals surface area contributed by atoms with Crippen LogP contribution in [0, 0.1) is 0 Å². The minimum Gasteiger partial charge on any atom is -0.367 e. The molecular formula is C18H22N4O. The lowest BCUT2D eigenvalue weighted by molar-refractivity contribution is 0.0934. The summed E-state index contributed by atoms with van der Waals surface area (Å²) in [5.74, 6) is 0.544. The largest absolute Gasteiger partial charge is 0.367 e. The molecule has 1 amide bonds. The normalized spacial score (nSPS) is 16.0. The minimum atomic E-state index is -0.182. The van der Waals surface area contributed by atoms with Gasteiger partial charge in [0.2, 0.25) is 0 Å². The van der Waals surface area contributed by atoms with Crippen LogP contribution in [0.4, 0.5) is 5.82 Å². The van der Waals surface area contributed by atoms with Gasteiger partial charge in [0.15, 0.2) is 0 Å². The Kier molecular flexibility index (Phi) is 4.86. The second-order valence-corrected chi connectivity index (χ2v) is 6.02. The Hall–Kier alpha value is -2.43. The molecule has 1 fully saturated rings. The molecule has 1 aromatic heterocycles. The topological polar surface area (TPSA) is 66.9 Å². The predicted molar refractivity (Wildman–Crippen MR) is 90.2 cm³/mol. The molecule has 0 aliphatic heterocycles. The zero-order valence-corrected chi connectivity index (χ0v) is 13.3. The molecule has 1 aromatic carbocycles. The molecule has 1 aliphatic rings. The highest BCUT2D eigenvalue weighted by atomic mass is 16.1. The monoisotopic (exact) mass is 310 g/mol. The van der Waals surface area contributed by atoms with Crippen molar-refractivity contribution in [1.82, 2.24) is 15.3 Å². The fraction of sp³-hybridized carbons (Fsp3) is 0.389. The lowest BCUT2D eigenvalue weighted by atomic mass is 10.1. The maximum absolute atomic E-state index is 12.4. The van der Waals surface area contributed by atoms with Crippen LogP contribution in [0.2, 0.25) is 0 Å². The van der Waals surface area contributed by atoms with Crippen LogP contribution in [0.1, 0.15) is 54.7 Å². The number of rotatable bonds is 5.